The zero-order valence-corrected chi connectivity index (χ0v) is 14.1. The first kappa shape index (κ1) is 18.8. The summed E-state index contributed by atoms with van der Waals surface area (Å²) in [5.74, 6) is 0.0376. The Bertz CT molecular complexity index is 558. The fourth-order valence-electron chi connectivity index (χ4n) is 2.42. The average molecular weight is 323 g/mol. The second-order valence-corrected chi connectivity index (χ2v) is 5.61. The van der Waals surface area contributed by atoms with Crippen molar-refractivity contribution in [2.45, 2.75) is 45.1 Å². The minimum atomic E-state index is -1.23. The minimum absolute atomic E-state index is 0.177. The van der Waals surface area contributed by atoms with Gasteiger partial charge in [0.1, 0.15) is 17.0 Å². The first-order chi connectivity index (χ1) is 10.9. The van der Waals surface area contributed by atoms with Gasteiger partial charge in [-0.3, -0.25) is 4.79 Å². The summed E-state index contributed by atoms with van der Waals surface area (Å²) in [6, 6.07) is 5.38. The van der Waals surface area contributed by atoms with Crippen LogP contribution in [0.5, 0.6) is 11.5 Å². The van der Waals surface area contributed by atoms with Crippen molar-refractivity contribution in [3.8, 4) is 11.5 Å². The van der Waals surface area contributed by atoms with Gasteiger partial charge in [-0.2, -0.15) is 0 Å². The summed E-state index contributed by atoms with van der Waals surface area (Å²) >= 11 is 0. The maximum absolute atomic E-state index is 12.1. The molecule has 0 aliphatic carbocycles. The normalized spacial score (nSPS) is 13.0. The van der Waals surface area contributed by atoms with Gasteiger partial charge in [0, 0.05) is 6.42 Å². The lowest BCUT2D eigenvalue weighted by Gasteiger charge is -2.25. The molecule has 0 aliphatic rings. The third kappa shape index (κ3) is 5.16. The molecule has 2 N–H and O–H groups in total. The third-order valence-corrected chi connectivity index (χ3v) is 3.75. The Hall–Kier alpha value is -2.24. The number of carbonyl (C=O) groups is 2. The van der Waals surface area contributed by atoms with Crippen molar-refractivity contribution in [1.29, 1.82) is 0 Å². The van der Waals surface area contributed by atoms with Crippen LogP contribution in [-0.2, 0) is 16.0 Å². The lowest BCUT2D eigenvalue weighted by atomic mass is 9.96. The number of aryl methyl sites for hydroxylation is 1. The Morgan fingerprint density at radius 1 is 1.26 bits per heavy atom. The summed E-state index contributed by atoms with van der Waals surface area (Å²) in [7, 11) is 3.13. The zero-order chi connectivity index (χ0) is 17.5. The first-order valence-electron chi connectivity index (χ1n) is 7.61. The van der Waals surface area contributed by atoms with Crippen molar-refractivity contribution in [3.63, 3.8) is 0 Å². The number of amides is 1. The molecule has 0 aromatic heterocycles. The van der Waals surface area contributed by atoms with E-state index in [-0.39, 0.29) is 12.3 Å². The third-order valence-electron chi connectivity index (χ3n) is 3.75. The Kier molecular flexibility index (Phi) is 6.88. The highest BCUT2D eigenvalue weighted by atomic mass is 16.5. The van der Waals surface area contributed by atoms with Crippen LogP contribution in [0.1, 0.15) is 38.7 Å². The fraction of sp³-hybridized carbons (Fsp3) is 0.529. The van der Waals surface area contributed by atoms with Gasteiger partial charge in [-0.1, -0.05) is 13.3 Å². The Morgan fingerprint density at radius 2 is 1.96 bits per heavy atom. The molecular weight excluding hydrogens is 298 g/mol. The van der Waals surface area contributed by atoms with Crippen molar-refractivity contribution in [3.05, 3.63) is 23.8 Å². The van der Waals surface area contributed by atoms with E-state index in [4.69, 9.17) is 9.47 Å². The van der Waals surface area contributed by atoms with E-state index in [0.29, 0.717) is 30.8 Å². The van der Waals surface area contributed by atoms with Gasteiger partial charge in [-0.05, 0) is 43.5 Å². The van der Waals surface area contributed by atoms with Crippen LogP contribution >= 0.6 is 0 Å². The number of methoxy groups -OCH3 is 2. The summed E-state index contributed by atoms with van der Waals surface area (Å²) in [5, 5.41) is 11.9. The maximum atomic E-state index is 12.1. The maximum Gasteiger partial charge on any atom is 0.329 e. The summed E-state index contributed by atoms with van der Waals surface area (Å²) in [4.78, 5) is 23.5. The van der Waals surface area contributed by atoms with E-state index in [9.17, 15) is 14.7 Å². The van der Waals surface area contributed by atoms with Crippen LogP contribution in [0.25, 0.3) is 0 Å². The summed E-state index contributed by atoms with van der Waals surface area (Å²) in [6.07, 6.45) is 1.67. The second kappa shape index (κ2) is 8.41. The van der Waals surface area contributed by atoms with E-state index in [1.807, 2.05) is 13.0 Å². The number of nitrogens with one attached hydrogen (secondary N) is 1. The minimum Gasteiger partial charge on any atom is -0.497 e. The van der Waals surface area contributed by atoms with E-state index in [2.05, 4.69) is 5.32 Å². The number of hydrogen-bond donors (Lipinski definition) is 2. The number of rotatable bonds is 9. The Balaban J connectivity index is 2.74. The molecule has 1 rings (SSSR count). The zero-order valence-electron chi connectivity index (χ0n) is 14.1. The molecule has 0 heterocycles. The number of carbonyl (C=O) groups excluding carboxylic acids is 1. The molecule has 0 bridgehead atoms. The molecule has 1 amide bonds. The highest BCUT2D eigenvalue weighted by molar-refractivity contribution is 5.86. The number of ether oxygens (including phenoxy) is 2. The average Bonchev–Trinajstić information content (AvgIpc) is 2.52. The van der Waals surface area contributed by atoms with Crippen molar-refractivity contribution >= 4 is 11.9 Å². The highest BCUT2D eigenvalue weighted by Crippen LogP contribution is 2.25. The number of carboxylic acids is 1. The van der Waals surface area contributed by atoms with Crippen molar-refractivity contribution in [1.82, 2.24) is 5.32 Å². The molecule has 0 fully saturated rings. The Morgan fingerprint density at radius 3 is 2.48 bits per heavy atom. The predicted octanol–water partition coefficient (Wildman–Crippen LogP) is 2.40. The molecule has 6 nitrogen and oxygen atoms in total. The molecule has 0 radical (unpaired) electrons. The fourth-order valence-corrected chi connectivity index (χ4v) is 2.42. The predicted molar refractivity (Wildman–Crippen MR) is 87.0 cm³/mol. The van der Waals surface area contributed by atoms with E-state index < -0.39 is 11.5 Å². The highest BCUT2D eigenvalue weighted by Gasteiger charge is 2.33. The van der Waals surface area contributed by atoms with Gasteiger partial charge in [0.15, 0.2) is 0 Å². The van der Waals surface area contributed by atoms with E-state index in [0.717, 1.165) is 5.56 Å². The van der Waals surface area contributed by atoms with Crippen molar-refractivity contribution in [2.24, 2.45) is 0 Å². The van der Waals surface area contributed by atoms with Gasteiger partial charge in [0.25, 0.3) is 0 Å². The molecular formula is C17H25NO5. The van der Waals surface area contributed by atoms with Crippen LogP contribution in [0.15, 0.2) is 18.2 Å². The monoisotopic (exact) mass is 323 g/mol. The molecule has 0 aliphatic heterocycles. The molecule has 1 aromatic carbocycles. The Labute approximate surface area is 136 Å². The quantitative estimate of drug-likeness (QED) is 0.729. The van der Waals surface area contributed by atoms with Gasteiger partial charge in [-0.15, -0.1) is 0 Å². The lowest BCUT2D eigenvalue weighted by Crippen LogP contribution is -2.52. The first-order valence-corrected chi connectivity index (χ1v) is 7.61. The van der Waals surface area contributed by atoms with Crippen molar-refractivity contribution in [2.75, 3.05) is 14.2 Å². The van der Waals surface area contributed by atoms with Gasteiger partial charge < -0.3 is 19.9 Å². The number of hydrogen-bond acceptors (Lipinski definition) is 4. The van der Waals surface area contributed by atoms with E-state index in [1.54, 1.807) is 26.4 Å². The second-order valence-electron chi connectivity index (χ2n) is 5.61. The van der Waals surface area contributed by atoms with E-state index in [1.165, 1.54) is 6.92 Å². The number of carboxylic acid groups (broad SMARTS) is 1. The topological polar surface area (TPSA) is 84.9 Å². The molecule has 0 saturated carbocycles. The van der Waals surface area contributed by atoms with Gasteiger partial charge in [0.05, 0.1) is 14.2 Å². The SMILES string of the molecule is CCCC(C)(NC(=O)CCc1cc(OC)ccc1OC)C(=O)O. The summed E-state index contributed by atoms with van der Waals surface area (Å²) < 4.78 is 10.4. The standard InChI is InChI=1S/C17H25NO5/c1-5-10-17(2,16(20)21)18-15(19)9-6-12-11-13(22-3)7-8-14(12)23-4/h7-8,11H,5-6,9-10H2,1-4H3,(H,18,19)(H,20,21). The molecule has 6 heteroatoms. The molecule has 23 heavy (non-hydrogen) atoms. The van der Waals surface area contributed by atoms with Gasteiger partial charge in [0.2, 0.25) is 5.91 Å². The number of benzene rings is 1. The van der Waals surface area contributed by atoms with Gasteiger partial charge >= 0.3 is 5.97 Å². The van der Waals surface area contributed by atoms with Crippen LogP contribution in [0, 0.1) is 0 Å². The molecule has 1 atom stereocenters. The molecule has 1 unspecified atom stereocenters. The summed E-state index contributed by atoms with van der Waals surface area (Å²) in [6.45, 7) is 3.41. The lowest BCUT2D eigenvalue weighted by molar-refractivity contribution is -0.147. The van der Waals surface area contributed by atoms with E-state index >= 15 is 0 Å². The van der Waals surface area contributed by atoms with Crippen LogP contribution in [0.2, 0.25) is 0 Å². The van der Waals surface area contributed by atoms with Crippen LogP contribution in [0.4, 0.5) is 0 Å². The number of aliphatic carboxylic acids is 1. The smallest absolute Gasteiger partial charge is 0.329 e. The van der Waals surface area contributed by atoms with Crippen LogP contribution < -0.4 is 14.8 Å². The molecule has 1 aromatic rings. The largest absolute Gasteiger partial charge is 0.497 e. The van der Waals surface area contributed by atoms with Crippen molar-refractivity contribution < 1.29 is 24.2 Å². The van der Waals surface area contributed by atoms with Crippen LogP contribution in [0.3, 0.4) is 0 Å². The molecule has 0 saturated heterocycles. The van der Waals surface area contributed by atoms with Crippen LogP contribution in [-0.4, -0.2) is 36.7 Å². The molecule has 128 valence electrons. The summed E-state index contributed by atoms with van der Waals surface area (Å²) in [5.41, 5.74) is -0.390. The van der Waals surface area contributed by atoms with Gasteiger partial charge in [-0.25, -0.2) is 4.79 Å². The molecule has 0 spiro atoms.